The van der Waals surface area contributed by atoms with E-state index in [-0.39, 0.29) is 0 Å². The molecule has 0 saturated carbocycles. The van der Waals surface area contributed by atoms with Crippen LogP contribution in [0.2, 0.25) is 0 Å². The molecule has 1 atom stereocenters. The summed E-state index contributed by atoms with van der Waals surface area (Å²) in [5, 5.41) is 8.12. The third-order valence-electron chi connectivity index (χ3n) is 3.94. The molecular weight excluding hydrogens is 266 g/mol. The van der Waals surface area contributed by atoms with Crippen molar-refractivity contribution in [3.05, 3.63) is 39.3 Å². The van der Waals surface area contributed by atoms with E-state index in [1.807, 2.05) is 17.5 Å². The topological polar surface area (TPSA) is 29.9 Å². The summed E-state index contributed by atoms with van der Waals surface area (Å²) in [7, 11) is 0. The van der Waals surface area contributed by atoms with Gasteiger partial charge in [-0.3, -0.25) is 4.68 Å². The van der Waals surface area contributed by atoms with Gasteiger partial charge >= 0.3 is 0 Å². The largest absolute Gasteiger partial charge is 0.305 e. The van der Waals surface area contributed by atoms with Gasteiger partial charge in [0.15, 0.2) is 0 Å². The van der Waals surface area contributed by atoms with Gasteiger partial charge in [-0.15, -0.1) is 11.3 Å². The number of hydrogen-bond donors (Lipinski definition) is 1. The van der Waals surface area contributed by atoms with Crippen LogP contribution in [0.5, 0.6) is 0 Å². The molecule has 108 valence electrons. The second kappa shape index (κ2) is 6.10. The predicted molar refractivity (Wildman–Crippen MR) is 84.4 cm³/mol. The lowest BCUT2D eigenvalue weighted by molar-refractivity contribution is 0.524. The molecule has 0 radical (unpaired) electrons. The highest BCUT2D eigenvalue weighted by Gasteiger charge is 2.23. The van der Waals surface area contributed by atoms with E-state index >= 15 is 0 Å². The molecule has 0 amide bonds. The second-order valence-corrected chi connectivity index (χ2v) is 6.59. The van der Waals surface area contributed by atoms with Crippen molar-refractivity contribution in [2.45, 2.75) is 52.1 Å². The van der Waals surface area contributed by atoms with E-state index in [4.69, 9.17) is 0 Å². The Morgan fingerprint density at radius 1 is 1.40 bits per heavy atom. The monoisotopic (exact) mass is 289 g/mol. The van der Waals surface area contributed by atoms with Crippen molar-refractivity contribution in [1.29, 1.82) is 0 Å². The van der Waals surface area contributed by atoms with Crippen LogP contribution < -0.4 is 5.32 Å². The third kappa shape index (κ3) is 2.54. The maximum absolute atomic E-state index is 4.48. The molecule has 0 aromatic carbocycles. The molecule has 0 spiro atoms. The summed E-state index contributed by atoms with van der Waals surface area (Å²) in [5.74, 6) is 0. The zero-order chi connectivity index (χ0) is 13.9. The van der Waals surface area contributed by atoms with Gasteiger partial charge in [-0.05, 0) is 49.9 Å². The van der Waals surface area contributed by atoms with Gasteiger partial charge in [-0.1, -0.05) is 13.8 Å². The Balaban J connectivity index is 1.93. The maximum Gasteiger partial charge on any atom is 0.0841 e. The normalized spacial score (nSPS) is 15.5. The minimum Gasteiger partial charge on any atom is -0.305 e. The number of thiophene rings is 1. The molecule has 1 aliphatic carbocycles. The van der Waals surface area contributed by atoms with Gasteiger partial charge in [-0.25, -0.2) is 0 Å². The van der Waals surface area contributed by atoms with Crippen LogP contribution in [0, 0.1) is 0 Å². The Hall–Kier alpha value is -1.13. The lowest BCUT2D eigenvalue weighted by Gasteiger charge is -2.18. The van der Waals surface area contributed by atoms with Crippen LogP contribution >= 0.6 is 11.3 Å². The quantitative estimate of drug-likeness (QED) is 0.881. The van der Waals surface area contributed by atoms with Gasteiger partial charge in [0.2, 0.25) is 0 Å². The molecule has 2 aromatic heterocycles. The molecular formula is C16H23N3S. The first kappa shape index (κ1) is 13.8. The minimum absolute atomic E-state index is 0.296. The molecule has 3 rings (SSSR count). The highest BCUT2D eigenvalue weighted by Crippen LogP contribution is 2.36. The predicted octanol–water partition coefficient (Wildman–Crippen LogP) is 3.54. The molecule has 2 aromatic rings. The average Bonchev–Trinajstić information content (AvgIpc) is 3.11. The molecule has 3 nitrogen and oxygen atoms in total. The zero-order valence-electron chi connectivity index (χ0n) is 12.4. The molecule has 1 N–H and O–H groups in total. The van der Waals surface area contributed by atoms with Gasteiger partial charge in [-0.2, -0.15) is 5.10 Å². The van der Waals surface area contributed by atoms with Gasteiger partial charge in [0.1, 0.15) is 0 Å². The summed E-state index contributed by atoms with van der Waals surface area (Å²) in [6.07, 6.45) is 6.91. The highest BCUT2D eigenvalue weighted by atomic mass is 32.1. The molecule has 4 heteroatoms. The second-order valence-electron chi connectivity index (χ2n) is 5.42. The Morgan fingerprint density at radius 3 is 3.05 bits per heavy atom. The summed E-state index contributed by atoms with van der Waals surface area (Å²) in [4.78, 5) is 3.05. The Kier molecular flexibility index (Phi) is 4.22. The van der Waals surface area contributed by atoms with Crippen molar-refractivity contribution in [3.63, 3.8) is 0 Å². The van der Waals surface area contributed by atoms with Crippen LogP contribution in [-0.2, 0) is 19.4 Å². The van der Waals surface area contributed by atoms with Gasteiger partial charge < -0.3 is 5.32 Å². The lowest BCUT2D eigenvalue weighted by atomic mass is 10.1. The van der Waals surface area contributed by atoms with Gasteiger partial charge in [0.25, 0.3) is 0 Å². The van der Waals surface area contributed by atoms with Crippen molar-refractivity contribution in [2.75, 3.05) is 6.54 Å². The first-order valence-electron chi connectivity index (χ1n) is 7.70. The zero-order valence-corrected chi connectivity index (χ0v) is 13.2. The lowest BCUT2D eigenvalue weighted by Crippen LogP contribution is -2.24. The van der Waals surface area contributed by atoms with E-state index in [9.17, 15) is 0 Å². The Labute approximate surface area is 125 Å². The van der Waals surface area contributed by atoms with Crippen molar-refractivity contribution < 1.29 is 0 Å². The third-order valence-corrected chi connectivity index (χ3v) is 5.24. The summed E-state index contributed by atoms with van der Waals surface area (Å²) in [6, 6.07) is 4.88. The van der Waals surface area contributed by atoms with E-state index < -0.39 is 0 Å². The number of fused-ring (bicyclic) bond motifs is 1. The van der Waals surface area contributed by atoms with Crippen LogP contribution in [0.1, 0.15) is 53.7 Å². The van der Waals surface area contributed by atoms with E-state index in [0.29, 0.717) is 6.04 Å². The smallest absolute Gasteiger partial charge is 0.0841 e. The Morgan fingerprint density at radius 2 is 2.30 bits per heavy atom. The van der Waals surface area contributed by atoms with Gasteiger partial charge in [0, 0.05) is 22.5 Å². The fourth-order valence-corrected chi connectivity index (χ4v) is 4.38. The van der Waals surface area contributed by atoms with Crippen molar-refractivity contribution in [3.8, 4) is 0 Å². The fourth-order valence-electron chi connectivity index (χ4n) is 3.04. The summed E-state index contributed by atoms with van der Waals surface area (Å²) < 4.78 is 2.15. The van der Waals surface area contributed by atoms with E-state index in [0.717, 1.165) is 19.5 Å². The summed E-state index contributed by atoms with van der Waals surface area (Å²) in [6.45, 7) is 6.35. The van der Waals surface area contributed by atoms with Crippen molar-refractivity contribution in [1.82, 2.24) is 15.1 Å². The number of hydrogen-bond acceptors (Lipinski definition) is 3. The minimum atomic E-state index is 0.296. The van der Waals surface area contributed by atoms with Crippen LogP contribution in [0.15, 0.2) is 18.3 Å². The number of aryl methyl sites for hydroxylation is 3. The van der Waals surface area contributed by atoms with Crippen LogP contribution in [0.3, 0.4) is 0 Å². The summed E-state index contributed by atoms with van der Waals surface area (Å²) in [5.41, 5.74) is 2.88. The van der Waals surface area contributed by atoms with Crippen LogP contribution in [0.4, 0.5) is 0 Å². The van der Waals surface area contributed by atoms with E-state index in [2.05, 4.69) is 41.1 Å². The molecule has 0 bridgehead atoms. The van der Waals surface area contributed by atoms with E-state index in [1.165, 1.54) is 29.8 Å². The molecule has 1 unspecified atom stereocenters. The molecule has 2 heterocycles. The first-order chi connectivity index (χ1) is 9.83. The molecule has 1 aliphatic rings. The first-order valence-corrected chi connectivity index (χ1v) is 8.51. The SMILES string of the molecule is CCCn1nccc1C(NCC)c1cc2c(s1)CCC2. The number of nitrogens with one attached hydrogen (secondary N) is 1. The molecule has 0 saturated heterocycles. The standard InChI is InChI=1S/C16H23N3S/c1-3-10-19-13(8-9-18-19)16(17-4-2)15-11-12-6-5-7-14(12)20-15/h8-9,11,16-17H,3-7,10H2,1-2H3. The van der Waals surface area contributed by atoms with Crippen LogP contribution in [-0.4, -0.2) is 16.3 Å². The van der Waals surface area contributed by atoms with E-state index in [1.54, 1.807) is 10.4 Å². The van der Waals surface area contributed by atoms with Crippen LogP contribution in [0.25, 0.3) is 0 Å². The summed E-state index contributed by atoms with van der Waals surface area (Å²) >= 11 is 1.99. The molecule has 0 aliphatic heterocycles. The number of rotatable bonds is 6. The maximum atomic E-state index is 4.48. The molecule has 20 heavy (non-hydrogen) atoms. The van der Waals surface area contributed by atoms with Gasteiger partial charge in [0.05, 0.1) is 11.7 Å². The highest BCUT2D eigenvalue weighted by molar-refractivity contribution is 7.12. The van der Waals surface area contributed by atoms with Crippen molar-refractivity contribution >= 4 is 11.3 Å². The fraction of sp³-hybridized carbons (Fsp3) is 0.562. The number of nitrogens with zero attached hydrogens (tertiary/aromatic N) is 2. The molecule has 0 fully saturated rings. The number of aromatic nitrogens is 2. The average molecular weight is 289 g/mol. The van der Waals surface area contributed by atoms with Crippen molar-refractivity contribution in [2.24, 2.45) is 0 Å². The Bertz CT molecular complexity index is 549.